The molecule has 3 rings (SSSR count). The van der Waals surface area contributed by atoms with E-state index in [1.54, 1.807) is 12.1 Å². The Balaban J connectivity index is 1.93. The minimum atomic E-state index is -0.327. The van der Waals surface area contributed by atoms with Crippen LogP contribution in [0.25, 0.3) is 0 Å². The Morgan fingerprint density at radius 2 is 1.78 bits per heavy atom. The van der Waals surface area contributed by atoms with E-state index >= 15 is 0 Å². The lowest BCUT2D eigenvalue weighted by Crippen LogP contribution is -2.43. The van der Waals surface area contributed by atoms with Gasteiger partial charge in [-0.15, -0.1) is 0 Å². The van der Waals surface area contributed by atoms with Gasteiger partial charge in [0.1, 0.15) is 19.2 Å². The molecule has 1 fully saturated rings. The molecule has 3 nitrogen and oxygen atoms in total. The largest absolute Gasteiger partial charge is 0.326 e. The Hall–Kier alpha value is -1.58. The Kier molecular flexibility index (Phi) is 2.73. The zero-order chi connectivity index (χ0) is 12.6. The molecule has 2 radical (unpaired) electrons. The molecule has 4 heteroatoms. The Labute approximate surface area is 108 Å². The van der Waals surface area contributed by atoms with Gasteiger partial charge in [0.15, 0.2) is 0 Å². The van der Waals surface area contributed by atoms with E-state index in [0.717, 1.165) is 31.2 Å². The summed E-state index contributed by atoms with van der Waals surface area (Å²) in [7, 11) is 5.66. The summed E-state index contributed by atoms with van der Waals surface area (Å²) in [5.74, 6) is -0.0540. The molecule has 1 aliphatic heterocycles. The highest BCUT2D eigenvalue weighted by atomic mass is 16.2. The second kappa shape index (κ2) is 4.27. The van der Waals surface area contributed by atoms with Crippen molar-refractivity contribution in [2.75, 3.05) is 0 Å². The zero-order valence-electron chi connectivity index (χ0n) is 10.3. The third kappa shape index (κ3) is 1.96. The fourth-order valence-electron chi connectivity index (χ4n) is 2.77. The molecule has 0 saturated heterocycles. The van der Waals surface area contributed by atoms with Gasteiger partial charge < -0.3 is 5.32 Å². The first-order chi connectivity index (χ1) is 8.69. The molecule has 2 aliphatic rings. The summed E-state index contributed by atoms with van der Waals surface area (Å²) >= 11 is 0. The van der Waals surface area contributed by atoms with E-state index < -0.39 is 0 Å². The van der Waals surface area contributed by atoms with Crippen molar-refractivity contribution in [2.45, 2.75) is 37.8 Å². The van der Waals surface area contributed by atoms with Crippen LogP contribution in [-0.2, 0) is 4.79 Å². The number of nitrogens with zero attached hydrogens (tertiary/aromatic N) is 1. The third-order valence-corrected chi connectivity index (χ3v) is 3.75. The molecule has 0 unspecified atom stereocenters. The van der Waals surface area contributed by atoms with Crippen molar-refractivity contribution in [2.24, 2.45) is 4.99 Å². The number of carbonyl (C=O) groups excluding carboxylic acids is 1. The summed E-state index contributed by atoms with van der Waals surface area (Å²) in [4.78, 5) is 16.7. The highest BCUT2D eigenvalue weighted by Gasteiger charge is 2.40. The summed E-state index contributed by atoms with van der Waals surface area (Å²) in [5, 5.41) is 3.06. The Morgan fingerprint density at radius 1 is 1.11 bits per heavy atom. The monoisotopic (exact) mass is 238 g/mol. The molecule has 18 heavy (non-hydrogen) atoms. The van der Waals surface area contributed by atoms with E-state index in [2.05, 4.69) is 10.3 Å². The second-order valence-corrected chi connectivity index (χ2v) is 5.13. The molecular weight excluding hydrogens is 223 g/mol. The van der Waals surface area contributed by atoms with Gasteiger partial charge in [-0.25, -0.2) is 0 Å². The van der Waals surface area contributed by atoms with Crippen LogP contribution < -0.4 is 10.8 Å². The van der Waals surface area contributed by atoms with Crippen LogP contribution in [0, 0.1) is 0 Å². The first-order valence-electron chi connectivity index (χ1n) is 6.47. The number of rotatable bonds is 1. The molecule has 1 N–H and O–H groups in total. The summed E-state index contributed by atoms with van der Waals surface area (Å²) in [6.45, 7) is 0. The van der Waals surface area contributed by atoms with E-state index in [1.807, 2.05) is 12.1 Å². The van der Waals surface area contributed by atoms with Crippen LogP contribution in [0.3, 0.4) is 0 Å². The van der Waals surface area contributed by atoms with Crippen molar-refractivity contribution < 1.29 is 4.79 Å². The lowest BCUT2D eigenvalue weighted by Gasteiger charge is -2.30. The van der Waals surface area contributed by atoms with Gasteiger partial charge in [0.05, 0.1) is 0 Å². The highest BCUT2D eigenvalue weighted by molar-refractivity contribution is 6.47. The van der Waals surface area contributed by atoms with Crippen LogP contribution in [0.2, 0.25) is 0 Å². The summed E-state index contributed by atoms with van der Waals surface area (Å²) in [6.07, 6.45) is 5.43. The Bertz CT molecular complexity index is 501. The number of hydrogen-bond donors (Lipinski definition) is 1. The van der Waals surface area contributed by atoms with Crippen molar-refractivity contribution in [3.8, 4) is 0 Å². The van der Waals surface area contributed by atoms with E-state index in [4.69, 9.17) is 7.85 Å². The molecule has 0 bridgehead atoms. The smallest absolute Gasteiger partial charge is 0.272 e. The standard InChI is InChI=1S/C14H15BN2O/c15-11-6-4-10(5-7-11)12-13(18)17-14(16-12)8-2-1-3-9-14/h4-7H,1-3,8-9H2,(H,17,18). The maximum Gasteiger partial charge on any atom is 0.272 e. The predicted molar refractivity (Wildman–Crippen MR) is 72.3 cm³/mol. The van der Waals surface area contributed by atoms with Crippen LogP contribution in [0.4, 0.5) is 0 Å². The summed E-state index contributed by atoms with van der Waals surface area (Å²) < 4.78 is 0. The topological polar surface area (TPSA) is 41.5 Å². The highest BCUT2D eigenvalue weighted by Crippen LogP contribution is 2.32. The van der Waals surface area contributed by atoms with Crippen molar-refractivity contribution >= 4 is 24.9 Å². The SMILES string of the molecule is [B]c1ccc(C2=NC3(CCCCC3)NC2=O)cc1. The van der Waals surface area contributed by atoms with Crippen molar-refractivity contribution in [3.63, 3.8) is 0 Å². The van der Waals surface area contributed by atoms with E-state index in [0.29, 0.717) is 11.2 Å². The minimum Gasteiger partial charge on any atom is -0.326 e. The maximum absolute atomic E-state index is 12.1. The maximum atomic E-state index is 12.1. The van der Waals surface area contributed by atoms with E-state index in [9.17, 15) is 4.79 Å². The van der Waals surface area contributed by atoms with Crippen molar-refractivity contribution in [1.29, 1.82) is 0 Å². The lowest BCUT2D eigenvalue weighted by atomic mass is 9.90. The third-order valence-electron chi connectivity index (χ3n) is 3.75. The number of amides is 1. The number of hydrogen-bond acceptors (Lipinski definition) is 2. The van der Waals surface area contributed by atoms with Crippen LogP contribution >= 0.6 is 0 Å². The molecule has 1 spiro atoms. The number of nitrogens with one attached hydrogen (secondary N) is 1. The molecule has 1 amide bonds. The van der Waals surface area contributed by atoms with Gasteiger partial charge >= 0.3 is 0 Å². The molecular formula is C14H15BN2O. The minimum absolute atomic E-state index is 0.0540. The Morgan fingerprint density at radius 3 is 2.44 bits per heavy atom. The molecule has 0 atom stereocenters. The van der Waals surface area contributed by atoms with Crippen LogP contribution in [0.1, 0.15) is 37.7 Å². The van der Waals surface area contributed by atoms with Gasteiger partial charge in [0.2, 0.25) is 0 Å². The number of carbonyl (C=O) groups is 1. The average molecular weight is 238 g/mol. The van der Waals surface area contributed by atoms with Crippen LogP contribution in [0.15, 0.2) is 29.3 Å². The average Bonchev–Trinajstić information content (AvgIpc) is 2.68. The molecule has 1 aromatic carbocycles. The predicted octanol–water partition coefficient (Wildman–Crippen LogP) is 1.06. The molecule has 0 aromatic heterocycles. The quantitative estimate of drug-likeness (QED) is 0.730. The summed E-state index contributed by atoms with van der Waals surface area (Å²) in [6, 6.07) is 7.32. The van der Waals surface area contributed by atoms with Gasteiger partial charge in [0.25, 0.3) is 5.91 Å². The number of benzene rings is 1. The number of aliphatic imine (C=N–C) groups is 1. The second-order valence-electron chi connectivity index (χ2n) is 5.13. The first kappa shape index (κ1) is 11.5. The van der Waals surface area contributed by atoms with E-state index in [1.165, 1.54) is 6.42 Å². The zero-order valence-corrected chi connectivity index (χ0v) is 10.3. The lowest BCUT2D eigenvalue weighted by molar-refractivity contribution is -0.115. The summed E-state index contributed by atoms with van der Waals surface area (Å²) in [5.41, 5.74) is 1.78. The molecule has 90 valence electrons. The van der Waals surface area contributed by atoms with Gasteiger partial charge in [-0.2, -0.15) is 0 Å². The fraction of sp³-hybridized carbons (Fsp3) is 0.429. The molecule has 1 saturated carbocycles. The van der Waals surface area contributed by atoms with Gasteiger partial charge in [0, 0.05) is 5.56 Å². The molecule has 1 heterocycles. The van der Waals surface area contributed by atoms with Gasteiger partial charge in [-0.1, -0.05) is 36.1 Å². The first-order valence-corrected chi connectivity index (χ1v) is 6.47. The van der Waals surface area contributed by atoms with Gasteiger partial charge in [-0.3, -0.25) is 9.79 Å². The van der Waals surface area contributed by atoms with Crippen molar-refractivity contribution in [3.05, 3.63) is 29.8 Å². The fourth-order valence-corrected chi connectivity index (χ4v) is 2.77. The molecule has 1 aromatic rings. The van der Waals surface area contributed by atoms with Crippen LogP contribution in [0.5, 0.6) is 0 Å². The molecule has 1 aliphatic carbocycles. The van der Waals surface area contributed by atoms with Crippen LogP contribution in [-0.4, -0.2) is 25.1 Å². The normalized spacial score (nSPS) is 21.8. The van der Waals surface area contributed by atoms with E-state index in [-0.39, 0.29) is 11.6 Å². The van der Waals surface area contributed by atoms with Gasteiger partial charge in [-0.05, 0) is 25.7 Å². The van der Waals surface area contributed by atoms with Crippen molar-refractivity contribution in [1.82, 2.24) is 5.32 Å².